The van der Waals surface area contributed by atoms with Crippen LogP contribution in [0.4, 0.5) is 4.79 Å². The third kappa shape index (κ3) is 2.87. The van der Waals surface area contributed by atoms with Crippen molar-refractivity contribution in [1.29, 1.82) is 0 Å². The molecule has 0 aromatic carbocycles. The summed E-state index contributed by atoms with van der Waals surface area (Å²) in [5.41, 5.74) is 0. The van der Waals surface area contributed by atoms with Crippen molar-refractivity contribution in [2.45, 2.75) is 20.3 Å². The summed E-state index contributed by atoms with van der Waals surface area (Å²) >= 11 is 0. The van der Waals surface area contributed by atoms with Crippen molar-refractivity contribution in [3.63, 3.8) is 0 Å². The Kier molecular flexibility index (Phi) is 4.20. The zero-order valence-corrected chi connectivity index (χ0v) is 8.90. The van der Waals surface area contributed by atoms with Crippen LogP contribution in [0.1, 0.15) is 20.3 Å². The average molecular weight is 201 g/mol. The van der Waals surface area contributed by atoms with E-state index in [0.29, 0.717) is 11.8 Å². The standard InChI is InChI=1S/C10H19NO3/c1-8(2)9-3-4-11(7-9)10(13)14-6-5-12/h8-9,12H,3-7H2,1-2H3. The molecule has 0 saturated carbocycles. The van der Waals surface area contributed by atoms with Gasteiger partial charge in [0.25, 0.3) is 0 Å². The number of amides is 1. The average Bonchev–Trinajstić information content (AvgIpc) is 2.62. The van der Waals surface area contributed by atoms with Crippen molar-refractivity contribution in [1.82, 2.24) is 4.90 Å². The molecule has 0 radical (unpaired) electrons. The number of hydrogen-bond donors (Lipinski definition) is 1. The molecule has 1 heterocycles. The first-order valence-electron chi connectivity index (χ1n) is 5.17. The smallest absolute Gasteiger partial charge is 0.409 e. The summed E-state index contributed by atoms with van der Waals surface area (Å²) in [4.78, 5) is 13.1. The van der Waals surface area contributed by atoms with Crippen LogP contribution in [0.2, 0.25) is 0 Å². The van der Waals surface area contributed by atoms with Gasteiger partial charge in [0.15, 0.2) is 0 Å². The van der Waals surface area contributed by atoms with Crippen LogP contribution in [0.25, 0.3) is 0 Å². The quantitative estimate of drug-likeness (QED) is 0.743. The normalized spacial score (nSPS) is 21.7. The molecule has 4 nitrogen and oxygen atoms in total. The van der Waals surface area contributed by atoms with Gasteiger partial charge in [0.1, 0.15) is 6.61 Å². The molecule has 0 spiro atoms. The van der Waals surface area contributed by atoms with E-state index in [1.807, 2.05) is 0 Å². The Morgan fingerprint density at radius 1 is 1.64 bits per heavy atom. The number of aliphatic hydroxyl groups excluding tert-OH is 1. The summed E-state index contributed by atoms with van der Waals surface area (Å²) in [6.07, 6.45) is 0.772. The van der Waals surface area contributed by atoms with Gasteiger partial charge in [-0.2, -0.15) is 0 Å². The Morgan fingerprint density at radius 3 is 2.86 bits per heavy atom. The van der Waals surface area contributed by atoms with Crippen LogP contribution in [0.15, 0.2) is 0 Å². The second kappa shape index (κ2) is 5.20. The molecular formula is C10H19NO3. The molecule has 1 rings (SSSR count). The van der Waals surface area contributed by atoms with Gasteiger partial charge in [-0.1, -0.05) is 13.8 Å². The molecule has 0 bridgehead atoms. The molecule has 1 fully saturated rings. The van der Waals surface area contributed by atoms with Crippen LogP contribution in [0.5, 0.6) is 0 Å². The molecule has 1 amide bonds. The van der Waals surface area contributed by atoms with E-state index >= 15 is 0 Å². The van der Waals surface area contributed by atoms with Gasteiger partial charge in [-0.15, -0.1) is 0 Å². The van der Waals surface area contributed by atoms with Crippen molar-refractivity contribution < 1.29 is 14.6 Å². The maximum absolute atomic E-state index is 11.4. The van der Waals surface area contributed by atoms with Crippen molar-refractivity contribution in [3.05, 3.63) is 0 Å². The molecule has 1 aliphatic heterocycles. The molecule has 0 aromatic heterocycles. The Hall–Kier alpha value is -0.770. The summed E-state index contributed by atoms with van der Waals surface area (Å²) in [5.74, 6) is 1.21. The first kappa shape index (κ1) is 11.3. The number of likely N-dealkylation sites (tertiary alicyclic amines) is 1. The number of aliphatic hydroxyl groups is 1. The van der Waals surface area contributed by atoms with E-state index in [-0.39, 0.29) is 19.3 Å². The van der Waals surface area contributed by atoms with Crippen molar-refractivity contribution in [2.24, 2.45) is 11.8 Å². The molecule has 14 heavy (non-hydrogen) atoms. The van der Waals surface area contributed by atoms with Crippen LogP contribution in [0, 0.1) is 11.8 Å². The molecule has 1 unspecified atom stereocenters. The largest absolute Gasteiger partial charge is 0.447 e. The molecule has 4 heteroatoms. The van der Waals surface area contributed by atoms with E-state index in [2.05, 4.69) is 13.8 Å². The highest BCUT2D eigenvalue weighted by atomic mass is 16.6. The molecule has 1 aliphatic rings. The minimum atomic E-state index is -0.290. The van der Waals surface area contributed by atoms with Crippen LogP contribution >= 0.6 is 0 Å². The maximum Gasteiger partial charge on any atom is 0.409 e. The topological polar surface area (TPSA) is 49.8 Å². The third-order valence-electron chi connectivity index (χ3n) is 2.74. The van der Waals surface area contributed by atoms with Crippen LogP contribution in [-0.2, 0) is 4.74 Å². The Bertz CT molecular complexity index is 194. The van der Waals surface area contributed by atoms with Crippen LogP contribution in [-0.4, -0.2) is 42.4 Å². The van der Waals surface area contributed by atoms with Gasteiger partial charge in [0.2, 0.25) is 0 Å². The predicted octanol–water partition coefficient (Wildman–Crippen LogP) is 1.09. The highest BCUT2D eigenvalue weighted by molar-refractivity contribution is 5.67. The molecule has 0 aromatic rings. The highest BCUT2D eigenvalue weighted by Crippen LogP contribution is 2.23. The number of carbonyl (C=O) groups excluding carboxylic acids is 1. The van der Waals surface area contributed by atoms with E-state index in [0.717, 1.165) is 19.5 Å². The van der Waals surface area contributed by atoms with Crippen LogP contribution < -0.4 is 0 Å². The van der Waals surface area contributed by atoms with Gasteiger partial charge in [-0.3, -0.25) is 0 Å². The number of rotatable bonds is 3. The minimum absolute atomic E-state index is 0.0989. The fraction of sp³-hybridized carbons (Fsp3) is 0.900. The third-order valence-corrected chi connectivity index (χ3v) is 2.74. The molecule has 0 aliphatic carbocycles. The first-order chi connectivity index (χ1) is 6.65. The Labute approximate surface area is 84.8 Å². The van der Waals surface area contributed by atoms with Gasteiger partial charge in [0, 0.05) is 13.1 Å². The fourth-order valence-electron chi connectivity index (χ4n) is 1.72. The zero-order chi connectivity index (χ0) is 10.6. The number of carbonyl (C=O) groups is 1. The predicted molar refractivity (Wildman–Crippen MR) is 53.0 cm³/mol. The lowest BCUT2D eigenvalue weighted by Crippen LogP contribution is -2.30. The monoisotopic (exact) mass is 201 g/mol. The van der Waals surface area contributed by atoms with E-state index in [9.17, 15) is 4.79 Å². The number of ether oxygens (including phenoxy) is 1. The second-order valence-electron chi connectivity index (χ2n) is 4.08. The Morgan fingerprint density at radius 2 is 2.36 bits per heavy atom. The lowest BCUT2D eigenvalue weighted by atomic mass is 9.95. The molecule has 1 saturated heterocycles. The van der Waals surface area contributed by atoms with E-state index in [4.69, 9.17) is 9.84 Å². The van der Waals surface area contributed by atoms with Gasteiger partial charge in [0.05, 0.1) is 6.61 Å². The summed E-state index contributed by atoms with van der Waals surface area (Å²) in [7, 11) is 0. The van der Waals surface area contributed by atoms with Crippen molar-refractivity contribution >= 4 is 6.09 Å². The molecule has 82 valence electrons. The highest BCUT2D eigenvalue weighted by Gasteiger charge is 2.28. The molecule has 1 N–H and O–H groups in total. The summed E-state index contributed by atoms with van der Waals surface area (Å²) in [6.45, 7) is 5.92. The summed E-state index contributed by atoms with van der Waals surface area (Å²) < 4.78 is 4.84. The second-order valence-corrected chi connectivity index (χ2v) is 4.08. The number of nitrogens with zero attached hydrogens (tertiary/aromatic N) is 1. The lowest BCUT2D eigenvalue weighted by molar-refractivity contribution is 0.0891. The van der Waals surface area contributed by atoms with Gasteiger partial charge in [-0.05, 0) is 18.3 Å². The zero-order valence-electron chi connectivity index (χ0n) is 8.90. The summed E-state index contributed by atoms with van der Waals surface area (Å²) in [5, 5.41) is 8.50. The fourth-order valence-corrected chi connectivity index (χ4v) is 1.72. The van der Waals surface area contributed by atoms with E-state index in [1.54, 1.807) is 4.90 Å². The van der Waals surface area contributed by atoms with Gasteiger partial charge < -0.3 is 14.7 Å². The molecular weight excluding hydrogens is 182 g/mol. The minimum Gasteiger partial charge on any atom is -0.447 e. The van der Waals surface area contributed by atoms with Gasteiger partial charge in [-0.25, -0.2) is 4.79 Å². The first-order valence-corrected chi connectivity index (χ1v) is 5.17. The van der Waals surface area contributed by atoms with Crippen molar-refractivity contribution in [2.75, 3.05) is 26.3 Å². The number of hydrogen-bond acceptors (Lipinski definition) is 3. The summed E-state index contributed by atoms with van der Waals surface area (Å²) in [6, 6.07) is 0. The van der Waals surface area contributed by atoms with Gasteiger partial charge >= 0.3 is 6.09 Å². The lowest BCUT2D eigenvalue weighted by Gasteiger charge is -2.17. The maximum atomic E-state index is 11.4. The van der Waals surface area contributed by atoms with E-state index in [1.165, 1.54) is 0 Å². The SMILES string of the molecule is CC(C)C1CCN(C(=O)OCCO)C1. The molecule has 1 atom stereocenters. The van der Waals surface area contributed by atoms with E-state index < -0.39 is 0 Å². The van der Waals surface area contributed by atoms with Crippen LogP contribution in [0.3, 0.4) is 0 Å². The van der Waals surface area contributed by atoms with Crippen molar-refractivity contribution in [3.8, 4) is 0 Å². The Balaban J connectivity index is 2.30.